The van der Waals surface area contributed by atoms with E-state index in [9.17, 15) is 8.42 Å². The lowest BCUT2D eigenvalue weighted by molar-refractivity contribution is 0.608. The lowest BCUT2D eigenvalue weighted by atomic mass is 10.3. The van der Waals surface area contributed by atoms with Gasteiger partial charge in [-0.1, -0.05) is 18.5 Å². The summed E-state index contributed by atoms with van der Waals surface area (Å²) in [7, 11) is 1.41. The fourth-order valence-corrected chi connectivity index (χ4v) is 3.45. The maximum atomic E-state index is 11.5. The van der Waals surface area contributed by atoms with Crippen molar-refractivity contribution in [2.24, 2.45) is 0 Å². The van der Waals surface area contributed by atoms with Gasteiger partial charge in [0.2, 0.25) is 0 Å². The summed E-state index contributed by atoms with van der Waals surface area (Å²) >= 11 is 6.04. The quantitative estimate of drug-likeness (QED) is 0.809. The van der Waals surface area contributed by atoms with E-state index in [1.807, 2.05) is 0 Å². The van der Waals surface area contributed by atoms with Crippen LogP contribution in [0.5, 0.6) is 0 Å². The molecule has 0 aliphatic rings. The van der Waals surface area contributed by atoms with E-state index in [0.29, 0.717) is 17.9 Å². The highest BCUT2D eigenvalue weighted by atomic mass is 35.7. The van der Waals surface area contributed by atoms with Gasteiger partial charge in [0.15, 0.2) is 11.0 Å². The van der Waals surface area contributed by atoms with Crippen LogP contribution in [0.1, 0.15) is 18.3 Å². The molecule has 9 heteroatoms. The van der Waals surface area contributed by atoms with Crippen LogP contribution in [0.15, 0.2) is 17.0 Å². The minimum atomic E-state index is -3.96. The van der Waals surface area contributed by atoms with Crippen LogP contribution in [-0.2, 0) is 15.5 Å². The molecule has 0 aliphatic heterocycles. The average molecular weight is 321 g/mol. The Morgan fingerprint density at radius 1 is 1.32 bits per heavy atom. The maximum absolute atomic E-state index is 11.5. The monoisotopic (exact) mass is 320 g/mol. The standard InChI is InChI=1S/C10H10Cl2N4O2S/c1-3-7-9(19(12,17)18)10(11)16(15-7)8-5-4-6(2)13-14-8/h4-5H,3H2,1-2H3. The first-order valence-electron chi connectivity index (χ1n) is 5.37. The van der Waals surface area contributed by atoms with Gasteiger partial charge in [-0.2, -0.15) is 10.2 Å². The smallest absolute Gasteiger partial charge is 0.207 e. The molecule has 0 bridgehead atoms. The van der Waals surface area contributed by atoms with Gasteiger partial charge in [-0.3, -0.25) is 0 Å². The van der Waals surface area contributed by atoms with Crippen LogP contribution in [0.3, 0.4) is 0 Å². The molecule has 6 nitrogen and oxygen atoms in total. The molecule has 102 valence electrons. The van der Waals surface area contributed by atoms with Crippen LogP contribution in [0, 0.1) is 6.92 Å². The number of rotatable bonds is 3. The molecule has 0 radical (unpaired) electrons. The van der Waals surface area contributed by atoms with Gasteiger partial charge in [0.05, 0.1) is 11.4 Å². The van der Waals surface area contributed by atoms with Crippen LogP contribution in [-0.4, -0.2) is 28.4 Å². The van der Waals surface area contributed by atoms with Crippen molar-refractivity contribution >= 4 is 31.3 Å². The van der Waals surface area contributed by atoms with Crippen LogP contribution in [0.2, 0.25) is 5.15 Å². The van der Waals surface area contributed by atoms with Gasteiger partial charge < -0.3 is 0 Å². The Labute approximate surface area is 119 Å². The lowest BCUT2D eigenvalue weighted by Crippen LogP contribution is -2.02. The molecule has 0 saturated heterocycles. The Hall–Kier alpha value is -1.18. The minimum Gasteiger partial charge on any atom is -0.207 e. The van der Waals surface area contributed by atoms with Crippen LogP contribution < -0.4 is 0 Å². The Balaban J connectivity index is 2.67. The summed E-state index contributed by atoms with van der Waals surface area (Å²) in [5, 5.41) is 11.8. The van der Waals surface area contributed by atoms with Crippen molar-refractivity contribution in [3.05, 3.63) is 28.7 Å². The largest absolute Gasteiger partial charge is 0.266 e. The number of nitrogens with zero attached hydrogens (tertiary/aromatic N) is 4. The van der Waals surface area contributed by atoms with Crippen molar-refractivity contribution in [1.29, 1.82) is 0 Å². The fraction of sp³-hybridized carbons (Fsp3) is 0.300. The highest BCUT2D eigenvalue weighted by Crippen LogP contribution is 2.30. The molecule has 0 aromatic carbocycles. The summed E-state index contributed by atoms with van der Waals surface area (Å²) in [6.07, 6.45) is 0.382. The molecule has 0 fully saturated rings. The van der Waals surface area contributed by atoms with E-state index in [1.54, 1.807) is 26.0 Å². The predicted octanol–water partition coefficient (Wildman–Crippen LogP) is 2.11. The Kier molecular flexibility index (Phi) is 3.80. The summed E-state index contributed by atoms with van der Waals surface area (Å²) in [5.74, 6) is 0.330. The Morgan fingerprint density at radius 2 is 2.00 bits per heavy atom. The zero-order valence-corrected chi connectivity index (χ0v) is 12.5. The summed E-state index contributed by atoms with van der Waals surface area (Å²) < 4.78 is 24.3. The van der Waals surface area contributed by atoms with Gasteiger partial charge in [0.1, 0.15) is 4.90 Å². The molecule has 19 heavy (non-hydrogen) atoms. The van der Waals surface area contributed by atoms with Crippen LogP contribution in [0.4, 0.5) is 0 Å². The second kappa shape index (κ2) is 5.07. The van der Waals surface area contributed by atoms with E-state index in [0.717, 1.165) is 5.69 Å². The van der Waals surface area contributed by atoms with E-state index in [-0.39, 0.29) is 10.0 Å². The first-order chi connectivity index (χ1) is 8.84. The normalized spacial score (nSPS) is 11.8. The third-order valence-electron chi connectivity index (χ3n) is 2.44. The van der Waals surface area contributed by atoms with Crippen molar-refractivity contribution in [2.75, 3.05) is 0 Å². The lowest BCUT2D eigenvalue weighted by Gasteiger charge is -2.01. The third kappa shape index (κ3) is 2.72. The topological polar surface area (TPSA) is 77.7 Å². The van der Waals surface area contributed by atoms with Crippen molar-refractivity contribution in [1.82, 2.24) is 20.0 Å². The molecule has 0 saturated carbocycles. The van der Waals surface area contributed by atoms with E-state index in [2.05, 4.69) is 15.3 Å². The fourth-order valence-electron chi connectivity index (χ4n) is 1.55. The number of aryl methyl sites for hydroxylation is 2. The average Bonchev–Trinajstić information content (AvgIpc) is 2.67. The molecule has 2 heterocycles. The number of hydrogen-bond donors (Lipinski definition) is 0. The van der Waals surface area contributed by atoms with E-state index in [4.69, 9.17) is 22.3 Å². The van der Waals surface area contributed by atoms with E-state index >= 15 is 0 Å². The molecule has 0 aliphatic carbocycles. The zero-order chi connectivity index (χ0) is 14.2. The second-order valence-electron chi connectivity index (χ2n) is 3.80. The van der Waals surface area contributed by atoms with E-state index < -0.39 is 9.05 Å². The summed E-state index contributed by atoms with van der Waals surface area (Å²) in [4.78, 5) is -0.180. The number of hydrogen-bond acceptors (Lipinski definition) is 5. The van der Waals surface area contributed by atoms with Crippen molar-refractivity contribution < 1.29 is 8.42 Å². The second-order valence-corrected chi connectivity index (χ2v) is 6.66. The number of aromatic nitrogens is 4. The van der Waals surface area contributed by atoms with Crippen LogP contribution in [0.25, 0.3) is 5.82 Å². The van der Waals surface area contributed by atoms with Crippen molar-refractivity contribution in [3.8, 4) is 5.82 Å². The summed E-state index contributed by atoms with van der Waals surface area (Å²) in [6.45, 7) is 3.54. The van der Waals surface area contributed by atoms with Gasteiger partial charge in [-0.05, 0) is 25.5 Å². The molecule has 2 aromatic heterocycles. The molecule has 0 amide bonds. The number of halogens is 2. The first-order valence-corrected chi connectivity index (χ1v) is 8.06. The summed E-state index contributed by atoms with van der Waals surface area (Å²) in [5.41, 5.74) is 1.02. The predicted molar refractivity (Wildman–Crippen MR) is 71.3 cm³/mol. The van der Waals surface area contributed by atoms with Crippen molar-refractivity contribution in [3.63, 3.8) is 0 Å². The highest BCUT2D eigenvalue weighted by molar-refractivity contribution is 8.13. The molecule has 2 aromatic rings. The molecule has 2 rings (SSSR count). The Bertz CT molecular complexity index is 710. The van der Waals surface area contributed by atoms with Gasteiger partial charge >= 0.3 is 0 Å². The molecular weight excluding hydrogens is 311 g/mol. The highest BCUT2D eigenvalue weighted by Gasteiger charge is 2.26. The van der Waals surface area contributed by atoms with E-state index in [1.165, 1.54) is 4.68 Å². The van der Waals surface area contributed by atoms with Gasteiger partial charge in [-0.25, -0.2) is 13.1 Å². The van der Waals surface area contributed by atoms with Gasteiger partial charge in [0, 0.05) is 10.7 Å². The first kappa shape index (κ1) is 14.2. The zero-order valence-electron chi connectivity index (χ0n) is 10.1. The van der Waals surface area contributed by atoms with Gasteiger partial charge in [0.25, 0.3) is 9.05 Å². The molecule has 0 N–H and O–H groups in total. The van der Waals surface area contributed by atoms with Crippen LogP contribution >= 0.6 is 22.3 Å². The SMILES string of the molecule is CCc1nn(-c2ccc(C)nn2)c(Cl)c1S(=O)(=O)Cl. The molecule has 0 spiro atoms. The summed E-state index contributed by atoms with van der Waals surface area (Å²) in [6, 6.07) is 3.37. The minimum absolute atomic E-state index is 0.0926. The third-order valence-corrected chi connectivity index (χ3v) is 4.28. The molecule has 0 atom stereocenters. The maximum Gasteiger partial charge on any atom is 0.266 e. The van der Waals surface area contributed by atoms with Gasteiger partial charge in [-0.15, -0.1) is 5.10 Å². The Morgan fingerprint density at radius 3 is 2.42 bits per heavy atom. The van der Waals surface area contributed by atoms with Crippen molar-refractivity contribution in [2.45, 2.75) is 25.2 Å². The molecule has 0 unspecified atom stereocenters. The molecular formula is C10H10Cl2N4O2S.